The summed E-state index contributed by atoms with van der Waals surface area (Å²) in [4.78, 5) is 12.6. The van der Waals surface area contributed by atoms with Crippen LogP contribution in [0.2, 0.25) is 0 Å². The number of aromatic hydroxyl groups is 1. The molecule has 1 saturated heterocycles. The summed E-state index contributed by atoms with van der Waals surface area (Å²) in [5, 5.41) is 24.6. The molecule has 0 bridgehead atoms. The molecule has 3 N–H and O–H groups in total. The number of phenols is 1. The summed E-state index contributed by atoms with van der Waals surface area (Å²) >= 11 is 0. The van der Waals surface area contributed by atoms with Crippen molar-refractivity contribution in [2.24, 2.45) is 0 Å². The van der Waals surface area contributed by atoms with Gasteiger partial charge in [-0.2, -0.15) is 0 Å². The molecule has 1 unspecified atom stereocenters. The van der Waals surface area contributed by atoms with E-state index in [9.17, 15) is 15.0 Å². The standard InChI is InChI=1S/C21H23NO3.C2H6/c1-3-8-16-18(9-4-2)22-20(24)21(16,25)17-12-14-10-6-5-7-11-15(14)13-19(17)23;1-2/h3-4,8-9,12-13,23,25H,1-2,5-7,10-11H2,(H,22,24);1-2H3/b16-8+,18-9+;. The maximum Gasteiger partial charge on any atom is 0.266 e. The van der Waals surface area contributed by atoms with E-state index in [1.807, 2.05) is 13.8 Å². The van der Waals surface area contributed by atoms with E-state index in [4.69, 9.17) is 0 Å². The van der Waals surface area contributed by atoms with Gasteiger partial charge in [0.1, 0.15) is 5.75 Å². The molecule has 0 saturated carbocycles. The van der Waals surface area contributed by atoms with Gasteiger partial charge in [-0.15, -0.1) is 0 Å². The highest BCUT2D eigenvalue weighted by atomic mass is 16.3. The number of hydrogen-bond donors (Lipinski definition) is 3. The van der Waals surface area contributed by atoms with Gasteiger partial charge in [-0.3, -0.25) is 4.79 Å². The van der Waals surface area contributed by atoms with Gasteiger partial charge in [0.25, 0.3) is 5.91 Å². The molecule has 3 rings (SSSR count). The van der Waals surface area contributed by atoms with E-state index in [0.29, 0.717) is 11.3 Å². The average Bonchev–Trinajstić information content (AvgIpc) is 2.82. The monoisotopic (exact) mass is 367 g/mol. The zero-order chi connectivity index (χ0) is 20.0. The van der Waals surface area contributed by atoms with Crippen LogP contribution in [0.15, 0.2) is 60.9 Å². The highest BCUT2D eigenvalue weighted by Crippen LogP contribution is 2.44. The lowest BCUT2D eigenvalue weighted by molar-refractivity contribution is -0.133. The van der Waals surface area contributed by atoms with Crippen molar-refractivity contribution in [1.29, 1.82) is 0 Å². The normalized spacial score (nSPS) is 24.5. The summed E-state index contributed by atoms with van der Waals surface area (Å²) in [6.45, 7) is 11.3. The predicted molar refractivity (Wildman–Crippen MR) is 109 cm³/mol. The lowest BCUT2D eigenvalue weighted by atomic mass is 9.83. The molecule has 144 valence electrons. The number of fused-ring (bicyclic) bond motifs is 1. The van der Waals surface area contributed by atoms with Crippen LogP contribution in [0.4, 0.5) is 0 Å². The third-order valence-corrected chi connectivity index (χ3v) is 4.93. The molecule has 0 spiro atoms. The van der Waals surface area contributed by atoms with Crippen LogP contribution in [0.1, 0.15) is 49.8 Å². The minimum absolute atomic E-state index is 0.0619. The quantitative estimate of drug-likeness (QED) is 0.702. The zero-order valence-electron chi connectivity index (χ0n) is 16.2. The molecule has 1 heterocycles. The number of hydrogen-bond acceptors (Lipinski definition) is 3. The summed E-state index contributed by atoms with van der Waals surface area (Å²) in [5.74, 6) is -0.648. The molecule has 1 aromatic carbocycles. The molecule has 0 aromatic heterocycles. The third kappa shape index (κ3) is 3.76. The average molecular weight is 367 g/mol. The second-order valence-electron chi connectivity index (χ2n) is 6.50. The van der Waals surface area contributed by atoms with Gasteiger partial charge in [0.05, 0.1) is 0 Å². The van der Waals surface area contributed by atoms with E-state index in [1.165, 1.54) is 12.2 Å². The van der Waals surface area contributed by atoms with Crippen LogP contribution in [0, 0.1) is 0 Å². The first-order chi connectivity index (χ1) is 13.0. The van der Waals surface area contributed by atoms with Gasteiger partial charge in [-0.05, 0) is 55.0 Å². The fraction of sp³-hybridized carbons (Fsp3) is 0.348. The molecule has 1 aliphatic heterocycles. The van der Waals surface area contributed by atoms with Crippen LogP contribution in [0.3, 0.4) is 0 Å². The number of carbonyl (C=O) groups is 1. The van der Waals surface area contributed by atoms with Crippen LogP contribution in [0.25, 0.3) is 0 Å². The van der Waals surface area contributed by atoms with Crippen LogP contribution in [-0.2, 0) is 23.2 Å². The summed E-state index contributed by atoms with van der Waals surface area (Å²) in [6, 6.07) is 3.48. The molecule has 1 amide bonds. The summed E-state index contributed by atoms with van der Waals surface area (Å²) in [7, 11) is 0. The van der Waals surface area contributed by atoms with E-state index in [-0.39, 0.29) is 11.3 Å². The van der Waals surface area contributed by atoms with Crippen molar-refractivity contribution >= 4 is 5.91 Å². The van der Waals surface area contributed by atoms with E-state index in [0.717, 1.165) is 43.2 Å². The third-order valence-electron chi connectivity index (χ3n) is 4.93. The van der Waals surface area contributed by atoms with E-state index in [1.54, 1.807) is 24.3 Å². The summed E-state index contributed by atoms with van der Waals surface area (Å²) < 4.78 is 0. The molecule has 1 aliphatic carbocycles. The fourth-order valence-corrected chi connectivity index (χ4v) is 3.68. The van der Waals surface area contributed by atoms with Gasteiger partial charge >= 0.3 is 0 Å². The van der Waals surface area contributed by atoms with Gasteiger partial charge in [0, 0.05) is 16.8 Å². The van der Waals surface area contributed by atoms with Crippen LogP contribution in [-0.4, -0.2) is 16.1 Å². The Labute approximate surface area is 161 Å². The highest BCUT2D eigenvalue weighted by Gasteiger charge is 2.50. The number of aryl methyl sites for hydroxylation is 2. The number of aliphatic hydroxyl groups is 1. The van der Waals surface area contributed by atoms with Crippen LogP contribution < -0.4 is 5.32 Å². The molecule has 2 aliphatic rings. The van der Waals surface area contributed by atoms with Gasteiger partial charge in [-0.1, -0.05) is 51.7 Å². The molecule has 1 aromatic rings. The lowest BCUT2D eigenvalue weighted by Gasteiger charge is -2.24. The summed E-state index contributed by atoms with van der Waals surface area (Å²) in [5.41, 5.74) is 1.26. The molecular formula is C23H29NO3. The first-order valence-corrected chi connectivity index (χ1v) is 9.57. The highest BCUT2D eigenvalue weighted by molar-refractivity contribution is 5.98. The Morgan fingerprint density at radius 1 is 1.04 bits per heavy atom. The SMILES string of the molecule is C=C/C=C1/NC(=O)C(O)(c2cc3c(cc2O)CCCCC3)/C1=C/C=C.CC. The summed E-state index contributed by atoms with van der Waals surface area (Å²) in [6.07, 6.45) is 11.3. The van der Waals surface area contributed by atoms with Gasteiger partial charge in [0.2, 0.25) is 0 Å². The first kappa shape index (κ1) is 20.7. The van der Waals surface area contributed by atoms with Crippen LogP contribution >= 0.6 is 0 Å². The number of phenolic OH excluding ortho intramolecular Hbond substituents is 1. The van der Waals surface area contributed by atoms with E-state index >= 15 is 0 Å². The van der Waals surface area contributed by atoms with E-state index < -0.39 is 11.5 Å². The number of rotatable bonds is 3. The maximum absolute atomic E-state index is 12.6. The molecular weight excluding hydrogens is 338 g/mol. The minimum atomic E-state index is -1.95. The Morgan fingerprint density at radius 3 is 2.22 bits per heavy atom. The molecule has 0 radical (unpaired) electrons. The number of amides is 1. The lowest BCUT2D eigenvalue weighted by Crippen LogP contribution is -2.36. The van der Waals surface area contributed by atoms with Crippen molar-refractivity contribution in [3.05, 3.63) is 77.6 Å². The second-order valence-corrected chi connectivity index (χ2v) is 6.50. The Morgan fingerprint density at radius 2 is 1.63 bits per heavy atom. The Balaban J connectivity index is 0.00000126. The molecule has 1 fully saturated rings. The van der Waals surface area contributed by atoms with Gasteiger partial charge in [0.15, 0.2) is 5.60 Å². The van der Waals surface area contributed by atoms with Crippen molar-refractivity contribution in [3.8, 4) is 5.75 Å². The Bertz CT molecular complexity index is 804. The van der Waals surface area contributed by atoms with Gasteiger partial charge < -0.3 is 15.5 Å². The van der Waals surface area contributed by atoms with E-state index in [2.05, 4.69) is 18.5 Å². The second kappa shape index (κ2) is 8.87. The largest absolute Gasteiger partial charge is 0.508 e. The molecule has 27 heavy (non-hydrogen) atoms. The molecule has 4 heteroatoms. The number of nitrogens with one attached hydrogen (secondary N) is 1. The number of allylic oxidation sites excluding steroid dienone is 4. The smallest absolute Gasteiger partial charge is 0.266 e. The maximum atomic E-state index is 12.6. The van der Waals surface area contributed by atoms with Crippen molar-refractivity contribution < 1.29 is 15.0 Å². The van der Waals surface area contributed by atoms with Crippen molar-refractivity contribution in [1.82, 2.24) is 5.32 Å². The van der Waals surface area contributed by atoms with Crippen molar-refractivity contribution in [2.45, 2.75) is 51.6 Å². The number of benzene rings is 1. The van der Waals surface area contributed by atoms with Crippen molar-refractivity contribution in [3.63, 3.8) is 0 Å². The Kier molecular flexibility index (Phi) is 6.81. The molecule has 4 nitrogen and oxygen atoms in total. The minimum Gasteiger partial charge on any atom is -0.508 e. The first-order valence-electron chi connectivity index (χ1n) is 9.57. The van der Waals surface area contributed by atoms with Gasteiger partial charge in [-0.25, -0.2) is 0 Å². The number of carbonyl (C=O) groups excluding carboxylic acids is 1. The molecule has 1 atom stereocenters. The fourth-order valence-electron chi connectivity index (χ4n) is 3.68. The Hall–Kier alpha value is -2.59. The van der Waals surface area contributed by atoms with Crippen molar-refractivity contribution in [2.75, 3.05) is 0 Å². The zero-order valence-corrected chi connectivity index (χ0v) is 16.2. The predicted octanol–water partition coefficient (Wildman–Crippen LogP) is 4.19. The topological polar surface area (TPSA) is 69.6 Å². The van der Waals surface area contributed by atoms with Crippen LogP contribution in [0.5, 0.6) is 5.75 Å².